The number of hydrazone groups is 1. The molecule has 0 aliphatic carbocycles. The Bertz CT molecular complexity index is 1340. The molecular formula is C25H25ClFN3O5S. The third kappa shape index (κ3) is 6.60. The van der Waals surface area contributed by atoms with Crippen LogP contribution in [-0.2, 0) is 21.4 Å². The van der Waals surface area contributed by atoms with Gasteiger partial charge < -0.3 is 9.47 Å². The van der Waals surface area contributed by atoms with Crippen molar-refractivity contribution in [2.24, 2.45) is 5.10 Å². The van der Waals surface area contributed by atoms with Crippen LogP contribution >= 0.6 is 11.6 Å². The van der Waals surface area contributed by atoms with E-state index in [1.54, 1.807) is 30.3 Å². The Kier molecular flexibility index (Phi) is 9.03. The van der Waals surface area contributed by atoms with Crippen LogP contribution in [0.1, 0.15) is 16.7 Å². The minimum atomic E-state index is -4.18. The van der Waals surface area contributed by atoms with Gasteiger partial charge in [-0.1, -0.05) is 35.4 Å². The topological polar surface area (TPSA) is 97.3 Å². The van der Waals surface area contributed by atoms with Crippen LogP contribution in [0.4, 0.5) is 4.39 Å². The molecule has 0 heterocycles. The van der Waals surface area contributed by atoms with E-state index in [9.17, 15) is 17.6 Å². The van der Waals surface area contributed by atoms with Gasteiger partial charge in [-0.15, -0.1) is 0 Å². The molecule has 8 nitrogen and oxygen atoms in total. The summed E-state index contributed by atoms with van der Waals surface area (Å²) < 4.78 is 52.5. The fourth-order valence-corrected chi connectivity index (χ4v) is 4.84. The minimum absolute atomic E-state index is 0.0435. The van der Waals surface area contributed by atoms with Gasteiger partial charge in [-0.2, -0.15) is 9.41 Å². The molecule has 1 N–H and O–H groups in total. The Morgan fingerprint density at radius 1 is 1.11 bits per heavy atom. The molecule has 0 saturated carbocycles. The van der Waals surface area contributed by atoms with Crippen molar-refractivity contribution in [2.45, 2.75) is 18.4 Å². The van der Waals surface area contributed by atoms with Gasteiger partial charge in [-0.3, -0.25) is 4.79 Å². The van der Waals surface area contributed by atoms with E-state index in [0.29, 0.717) is 17.1 Å². The molecule has 0 radical (unpaired) electrons. The number of hydrogen-bond donors (Lipinski definition) is 1. The lowest BCUT2D eigenvalue weighted by Crippen LogP contribution is -2.39. The molecule has 0 atom stereocenters. The molecule has 1 amide bonds. The zero-order valence-electron chi connectivity index (χ0n) is 19.9. The van der Waals surface area contributed by atoms with Crippen molar-refractivity contribution in [1.82, 2.24) is 9.73 Å². The summed E-state index contributed by atoms with van der Waals surface area (Å²) in [5.41, 5.74) is 3.64. The number of benzene rings is 3. The van der Waals surface area contributed by atoms with Crippen molar-refractivity contribution in [3.8, 4) is 11.5 Å². The monoisotopic (exact) mass is 533 g/mol. The third-order valence-corrected chi connectivity index (χ3v) is 7.36. The van der Waals surface area contributed by atoms with E-state index in [1.165, 1.54) is 50.8 Å². The number of halogens is 2. The van der Waals surface area contributed by atoms with Crippen molar-refractivity contribution >= 4 is 33.7 Å². The smallest absolute Gasteiger partial charge is 0.255 e. The number of carbonyl (C=O) groups is 1. The van der Waals surface area contributed by atoms with Crippen LogP contribution in [0.5, 0.6) is 11.5 Å². The number of sulfonamides is 1. The lowest BCUT2D eigenvalue weighted by Gasteiger charge is -2.22. The number of aryl methyl sites for hydroxylation is 1. The maximum Gasteiger partial charge on any atom is 0.255 e. The van der Waals surface area contributed by atoms with Crippen molar-refractivity contribution < 1.29 is 27.1 Å². The van der Waals surface area contributed by atoms with Crippen LogP contribution in [0.3, 0.4) is 0 Å². The molecular weight excluding hydrogens is 509 g/mol. The summed E-state index contributed by atoms with van der Waals surface area (Å²) in [5, 5.41) is 3.95. The van der Waals surface area contributed by atoms with Crippen LogP contribution in [0.2, 0.25) is 5.02 Å². The molecule has 3 aromatic carbocycles. The van der Waals surface area contributed by atoms with Crippen LogP contribution in [0, 0.1) is 12.7 Å². The Morgan fingerprint density at radius 3 is 2.47 bits per heavy atom. The van der Waals surface area contributed by atoms with Crippen molar-refractivity contribution in [2.75, 3.05) is 20.8 Å². The second kappa shape index (κ2) is 12.0. The average molecular weight is 534 g/mol. The van der Waals surface area contributed by atoms with Crippen LogP contribution in [0.15, 0.2) is 70.7 Å². The quantitative estimate of drug-likeness (QED) is 0.312. The summed E-state index contributed by atoms with van der Waals surface area (Å²) in [7, 11) is -1.19. The second-order valence-electron chi connectivity index (χ2n) is 7.69. The first-order chi connectivity index (χ1) is 17.1. The minimum Gasteiger partial charge on any atom is -0.497 e. The average Bonchev–Trinajstić information content (AvgIpc) is 2.85. The SMILES string of the molecule is COc1ccc(OC)c(/C=N/NC(=O)CN(Cc2c(F)cccc2Cl)S(=O)(=O)c2ccc(C)cc2)c1. The van der Waals surface area contributed by atoms with Crippen LogP contribution in [0.25, 0.3) is 0 Å². The largest absolute Gasteiger partial charge is 0.497 e. The first-order valence-corrected chi connectivity index (χ1v) is 12.5. The molecule has 0 bridgehead atoms. The molecule has 11 heteroatoms. The van der Waals surface area contributed by atoms with Gasteiger partial charge in [0.1, 0.15) is 17.3 Å². The zero-order valence-corrected chi connectivity index (χ0v) is 21.4. The molecule has 0 unspecified atom stereocenters. The van der Waals surface area contributed by atoms with E-state index in [2.05, 4.69) is 10.5 Å². The van der Waals surface area contributed by atoms with Crippen molar-refractivity contribution in [3.63, 3.8) is 0 Å². The van der Waals surface area contributed by atoms with Gasteiger partial charge in [0.2, 0.25) is 10.0 Å². The van der Waals surface area contributed by atoms with E-state index in [-0.39, 0.29) is 15.5 Å². The number of ether oxygens (including phenoxy) is 2. The maximum absolute atomic E-state index is 14.5. The molecule has 0 spiro atoms. The highest BCUT2D eigenvalue weighted by Gasteiger charge is 2.28. The number of carbonyl (C=O) groups excluding carboxylic acids is 1. The van der Waals surface area contributed by atoms with Gasteiger partial charge in [0.15, 0.2) is 0 Å². The molecule has 190 valence electrons. The summed E-state index contributed by atoms with van der Waals surface area (Å²) >= 11 is 6.12. The number of nitrogens with one attached hydrogen (secondary N) is 1. The van der Waals surface area contributed by atoms with Gasteiger partial charge in [-0.05, 0) is 49.4 Å². The van der Waals surface area contributed by atoms with E-state index >= 15 is 0 Å². The van der Waals surface area contributed by atoms with Crippen LogP contribution < -0.4 is 14.9 Å². The summed E-state index contributed by atoms with van der Waals surface area (Å²) in [4.78, 5) is 12.7. The summed E-state index contributed by atoms with van der Waals surface area (Å²) in [6, 6.07) is 15.2. The normalized spacial score (nSPS) is 11.6. The van der Waals surface area contributed by atoms with Gasteiger partial charge in [0, 0.05) is 22.7 Å². The molecule has 0 fully saturated rings. The van der Waals surface area contributed by atoms with E-state index in [4.69, 9.17) is 21.1 Å². The molecule has 0 aliphatic rings. The van der Waals surface area contributed by atoms with Gasteiger partial charge >= 0.3 is 0 Å². The third-order valence-electron chi connectivity index (χ3n) is 5.20. The summed E-state index contributed by atoms with van der Waals surface area (Å²) in [6.07, 6.45) is 1.34. The highest BCUT2D eigenvalue weighted by molar-refractivity contribution is 7.89. The fraction of sp³-hybridized carbons (Fsp3) is 0.200. The van der Waals surface area contributed by atoms with Crippen molar-refractivity contribution in [3.05, 3.63) is 88.2 Å². The van der Waals surface area contributed by atoms with E-state index < -0.39 is 34.8 Å². The molecule has 36 heavy (non-hydrogen) atoms. The second-order valence-corrected chi connectivity index (χ2v) is 10.0. The number of hydrogen-bond acceptors (Lipinski definition) is 6. The Morgan fingerprint density at radius 2 is 1.83 bits per heavy atom. The first-order valence-electron chi connectivity index (χ1n) is 10.7. The van der Waals surface area contributed by atoms with E-state index in [1.807, 2.05) is 6.92 Å². The standard InChI is InChI=1S/C25H25ClFN3O5S/c1-17-7-10-20(11-8-17)36(32,33)30(15-21-22(26)5-4-6-23(21)27)16-25(31)29-28-14-18-13-19(34-2)9-12-24(18)35-3/h4-14H,15-16H2,1-3H3,(H,29,31)/b28-14+. The number of rotatable bonds is 10. The Hall–Kier alpha value is -3.47. The summed E-state index contributed by atoms with van der Waals surface area (Å²) in [5.74, 6) is -0.376. The number of nitrogens with zero attached hydrogens (tertiary/aromatic N) is 2. The van der Waals surface area contributed by atoms with Crippen LogP contribution in [-0.4, -0.2) is 45.6 Å². The first kappa shape index (κ1) is 27.1. The lowest BCUT2D eigenvalue weighted by atomic mass is 10.2. The van der Waals surface area contributed by atoms with E-state index in [0.717, 1.165) is 9.87 Å². The highest BCUT2D eigenvalue weighted by Crippen LogP contribution is 2.25. The van der Waals surface area contributed by atoms with Gasteiger partial charge in [0.05, 0.1) is 31.9 Å². The predicted molar refractivity (Wildman–Crippen MR) is 135 cm³/mol. The highest BCUT2D eigenvalue weighted by atomic mass is 35.5. The lowest BCUT2D eigenvalue weighted by molar-refractivity contribution is -0.121. The molecule has 3 aromatic rings. The zero-order chi connectivity index (χ0) is 26.3. The number of amides is 1. The van der Waals surface area contributed by atoms with Gasteiger partial charge in [-0.25, -0.2) is 18.2 Å². The predicted octanol–water partition coefficient (Wildman–Crippen LogP) is 4.15. The summed E-state index contributed by atoms with van der Waals surface area (Å²) in [6.45, 7) is 0.728. The molecule has 3 rings (SSSR count). The Balaban J connectivity index is 1.85. The Labute approximate surface area is 214 Å². The molecule has 0 saturated heterocycles. The number of methoxy groups -OCH3 is 2. The molecule has 0 aliphatic heterocycles. The fourth-order valence-electron chi connectivity index (χ4n) is 3.25. The van der Waals surface area contributed by atoms with Gasteiger partial charge in [0.25, 0.3) is 5.91 Å². The van der Waals surface area contributed by atoms with Crippen molar-refractivity contribution in [1.29, 1.82) is 0 Å². The maximum atomic E-state index is 14.5. The molecule has 0 aromatic heterocycles.